The topological polar surface area (TPSA) is 50.5 Å². The minimum Gasteiger partial charge on any atom is -0.491 e. The van der Waals surface area contributed by atoms with E-state index in [2.05, 4.69) is 10.4 Å². The van der Waals surface area contributed by atoms with Crippen molar-refractivity contribution in [2.24, 2.45) is 0 Å². The number of hydrogen-bond acceptors (Lipinski definition) is 4. The number of piperidine rings is 1. The van der Waals surface area contributed by atoms with Crippen LogP contribution in [0, 0.1) is 0 Å². The zero-order chi connectivity index (χ0) is 13.0. The Morgan fingerprint density at radius 3 is 2.56 bits per heavy atom. The van der Waals surface area contributed by atoms with Crippen LogP contribution in [0.4, 0.5) is 11.4 Å². The standard InChI is InChI=1S/C14H23N3O/c1-11(2)18-14-9-12(15)8-13(10-14)16-17-6-4-3-5-7-17/h8-11,16H,3-7,15H2,1-2H3. The fourth-order valence-electron chi connectivity index (χ4n) is 2.22. The van der Waals surface area contributed by atoms with Gasteiger partial charge in [0.25, 0.3) is 0 Å². The van der Waals surface area contributed by atoms with E-state index in [9.17, 15) is 0 Å². The van der Waals surface area contributed by atoms with Crippen LogP contribution in [0.5, 0.6) is 5.75 Å². The summed E-state index contributed by atoms with van der Waals surface area (Å²) in [6, 6.07) is 5.81. The molecule has 0 aliphatic carbocycles. The molecule has 100 valence electrons. The van der Waals surface area contributed by atoms with E-state index in [0.717, 1.165) is 30.2 Å². The number of nitrogens with zero attached hydrogens (tertiary/aromatic N) is 1. The smallest absolute Gasteiger partial charge is 0.123 e. The molecule has 0 saturated carbocycles. The lowest BCUT2D eigenvalue weighted by Gasteiger charge is -2.28. The van der Waals surface area contributed by atoms with Gasteiger partial charge in [-0.2, -0.15) is 0 Å². The van der Waals surface area contributed by atoms with E-state index in [0.29, 0.717) is 0 Å². The molecule has 1 aromatic rings. The van der Waals surface area contributed by atoms with E-state index in [1.165, 1.54) is 19.3 Å². The summed E-state index contributed by atoms with van der Waals surface area (Å²) in [5.74, 6) is 0.824. The molecule has 1 aliphatic rings. The minimum atomic E-state index is 0.162. The maximum Gasteiger partial charge on any atom is 0.123 e. The van der Waals surface area contributed by atoms with Crippen molar-refractivity contribution >= 4 is 11.4 Å². The maximum atomic E-state index is 5.90. The summed E-state index contributed by atoms with van der Waals surface area (Å²) in [7, 11) is 0. The zero-order valence-corrected chi connectivity index (χ0v) is 11.3. The fourth-order valence-corrected chi connectivity index (χ4v) is 2.22. The van der Waals surface area contributed by atoms with Crippen LogP contribution in [0.2, 0.25) is 0 Å². The van der Waals surface area contributed by atoms with Crippen molar-refractivity contribution in [3.05, 3.63) is 18.2 Å². The van der Waals surface area contributed by atoms with E-state index in [4.69, 9.17) is 10.5 Å². The van der Waals surface area contributed by atoms with E-state index in [1.54, 1.807) is 0 Å². The van der Waals surface area contributed by atoms with Gasteiger partial charge in [-0.05, 0) is 32.8 Å². The molecule has 1 fully saturated rings. The van der Waals surface area contributed by atoms with E-state index in [-0.39, 0.29) is 6.10 Å². The summed E-state index contributed by atoms with van der Waals surface area (Å²) in [5.41, 5.74) is 11.0. The predicted molar refractivity (Wildman–Crippen MR) is 75.7 cm³/mol. The molecule has 0 radical (unpaired) electrons. The van der Waals surface area contributed by atoms with Crippen LogP contribution >= 0.6 is 0 Å². The van der Waals surface area contributed by atoms with Gasteiger partial charge < -0.3 is 15.9 Å². The van der Waals surface area contributed by atoms with Crippen molar-refractivity contribution in [3.8, 4) is 5.75 Å². The number of ether oxygens (including phenoxy) is 1. The van der Waals surface area contributed by atoms with Crippen LogP contribution in [0.3, 0.4) is 0 Å². The number of nitrogen functional groups attached to an aromatic ring is 1. The van der Waals surface area contributed by atoms with Crippen LogP contribution in [-0.4, -0.2) is 24.2 Å². The first-order chi connectivity index (χ1) is 8.63. The third-order valence-electron chi connectivity index (χ3n) is 2.94. The Hall–Kier alpha value is -1.42. The fraction of sp³-hybridized carbons (Fsp3) is 0.571. The second kappa shape index (κ2) is 5.96. The molecule has 0 aromatic heterocycles. The monoisotopic (exact) mass is 249 g/mol. The van der Waals surface area contributed by atoms with Gasteiger partial charge in [-0.25, -0.2) is 5.01 Å². The maximum absolute atomic E-state index is 5.90. The Balaban J connectivity index is 2.04. The molecule has 3 N–H and O–H groups in total. The Labute approximate surface area is 109 Å². The van der Waals surface area contributed by atoms with Gasteiger partial charge in [-0.1, -0.05) is 6.42 Å². The van der Waals surface area contributed by atoms with Crippen molar-refractivity contribution in [1.82, 2.24) is 5.01 Å². The molecular formula is C14H23N3O. The average Bonchev–Trinajstić information content (AvgIpc) is 2.28. The highest BCUT2D eigenvalue weighted by molar-refractivity contribution is 5.58. The highest BCUT2D eigenvalue weighted by atomic mass is 16.5. The van der Waals surface area contributed by atoms with Crippen LogP contribution in [-0.2, 0) is 0 Å². The van der Waals surface area contributed by atoms with Crippen molar-refractivity contribution in [2.45, 2.75) is 39.2 Å². The summed E-state index contributed by atoms with van der Waals surface area (Å²) < 4.78 is 5.69. The molecule has 1 heterocycles. The number of nitrogens with two attached hydrogens (primary N) is 1. The first kappa shape index (κ1) is 13.0. The molecule has 0 spiro atoms. The number of anilines is 2. The molecule has 18 heavy (non-hydrogen) atoms. The number of rotatable bonds is 4. The lowest BCUT2D eigenvalue weighted by atomic mass is 10.2. The molecule has 0 atom stereocenters. The Kier molecular flexibility index (Phi) is 4.31. The van der Waals surface area contributed by atoms with E-state index < -0.39 is 0 Å². The van der Waals surface area contributed by atoms with Gasteiger partial charge in [0.05, 0.1) is 11.8 Å². The van der Waals surface area contributed by atoms with Crippen molar-refractivity contribution in [1.29, 1.82) is 0 Å². The second-order valence-corrected chi connectivity index (χ2v) is 5.12. The number of hydrogen-bond donors (Lipinski definition) is 2. The highest BCUT2D eigenvalue weighted by Gasteiger charge is 2.10. The highest BCUT2D eigenvalue weighted by Crippen LogP contribution is 2.24. The van der Waals surface area contributed by atoms with Crippen molar-refractivity contribution in [3.63, 3.8) is 0 Å². The lowest BCUT2D eigenvalue weighted by Crippen LogP contribution is -2.34. The molecular weight excluding hydrogens is 226 g/mol. The third kappa shape index (κ3) is 3.81. The molecule has 2 rings (SSSR count). The Morgan fingerprint density at radius 2 is 1.89 bits per heavy atom. The summed E-state index contributed by atoms with van der Waals surface area (Å²) in [5, 5.41) is 2.25. The normalized spacial score (nSPS) is 16.8. The number of nitrogens with one attached hydrogen (secondary N) is 1. The minimum absolute atomic E-state index is 0.162. The van der Waals surface area contributed by atoms with Crippen LogP contribution < -0.4 is 15.9 Å². The van der Waals surface area contributed by atoms with Crippen LogP contribution in [0.1, 0.15) is 33.1 Å². The third-order valence-corrected chi connectivity index (χ3v) is 2.94. The molecule has 0 bridgehead atoms. The predicted octanol–water partition coefficient (Wildman–Crippen LogP) is 2.87. The molecule has 1 aromatic carbocycles. The van der Waals surface area contributed by atoms with Gasteiger partial charge in [0.2, 0.25) is 0 Å². The van der Waals surface area contributed by atoms with E-state index >= 15 is 0 Å². The van der Waals surface area contributed by atoms with Gasteiger partial charge in [-0.15, -0.1) is 0 Å². The Morgan fingerprint density at radius 1 is 1.17 bits per heavy atom. The molecule has 1 saturated heterocycles. The number of hydrazine groups is 1. The van der Waals surface area contributed by atoms with Gasteiger partial charge in [-0.3, -0.25) is 0 Å². The quantitative estimate of drug-likeness (QED) is 0.806. The number of benzene rings is 1. The molecule has 0 amide bonds. The van der Waals surface area contributed by atoms with E-state index in [1.807, 2.05) is 32.0 Å². The van der Waals surface area contributed by atoms with Crippen LogP contribution in [0.15, 0.2) is 18.2 Å². The van der Waals surface area contributed by atoms with Gasteiger partial charge in [0.15, 0.2) is 0 Å². The summed E-state index contributed by atoms with van der Waals surface area (Å²) >= 11 is 0. The van der Waals surface area contributed by atoms with Gasteiger partial charge in [0.1, 0.15) is 5.75 Å². The largest absolute Gasteiger partial charge is 0.491 e. The molecule has 4 heteroatoms. The lowest BCUT2D eigenvalue weighted by molar-refractivity contribution is 0.242. The van der Waals surface area contributed by atoms with Gasteiger partial charge >= 0.3 is 0 Å². The molecule has 0 unspecified atom stereocenters. The summed E-state index contributed by atoms with van der Waals surface area (Å²) in [6.45, 7) is 6.21. The van der Waals surface area contributed by atoms with Crippen LogP contribution in [0.25, 0.3) is 0 Å². The van der Waals surface area contributed by atoms with Crippen molar-refractivity contribution in [2.75, 3.05) is 24.2 Å². The zero-order valence-electron chi connectivity index (χ0n) is 11.3. The average molecular weight is 249 g/mol. The van der Waals surface area contributed by atoms with Gasteiger partial charge in [0, 0.05) is 30.9 Å². The first-order valence-corrected chi connectivity index (χ1v) is 6.72. The molecule has 1 aliphatic heterocycles. The Bertz CT molecular complexity index is 387. The molecule has 4 nitrogen and oxygen atoms in total. The first-order valence-electron chi connectivity index (χ1n) is 6.72. The summed E-state index contributed by atoms with van der Waals surface area (Å²) in [4.78, 5) is 0. The van der Waals surface area contributed by atoms with Crippen molar-refractivity contribution < 1.29 is 4.74 Å². The second-order valence-electron chi connectivity index (χ2n) is 5.12. The summed E-state index contributed by atoms with van der Waals surface area (Å²) in [6.07, 6.45) is 4.00. The SMILES string of the molecule is CC(C)Oc1cc(N)cc(NN2CCCCC2)c1.